The van der Waals surface area contributed by atoms with E-state index in [2.05, 4.69) is 29.5 Å². The molecular weight excluding hydrogens is 384 g/mol. The molecule has 7 nitrogen and oxygen atoms in total. The van der Waals surface area contributed by atoms with Crippen molar-refractivity contribution in [3.8, 4) is 0 Å². The second kappa shape index (κ2) is 9.36. The van der Waals surface area contributed by atoms with Crippen molar-refractivity contribution in [3.63, 3.8) is 0 Å². The zero-order valence-electron chi connectivity index (χ0n) is 16.3. The van der Waals surface area contributed by atoms with Crippen LogP contribution in [0.3, 0.4) is 0 Å². The molecule has 0 spiro atoms. The van der Waals surface area contributed by atoms with Crippen LogP contribution in [0.25, 0.3) is 10.2 Å². The van der Waals surface area contributed by atoms with Gasteiger partial charge in [0.2, 0.25) is 5.91 Å². The summed E-state index contributed by atoms with van der Waals surface area (Å²) in [6.45, 7) is 8.48. The van der Waals surface area contributed by atoms with Gasteiger partial charge in [-0.25, -0.2) is 9.78 Å². The summed E-state index contributed by atoms with van der Waals surface area (Å²) in [4.78, 5) is 43.0. The van der Waals surface area contributed by atoms with Crippen LogP contribution >= 0.6 is 23.1 Å². The zero-order valence-corrected chi connectivity index (χ0v) is 17.9. The molecule has 0 aliphatic rings. The number of imide groups is 1. The van der Waals surface area contributed by atoms with Crippen LogP contribution in [-0.4, -0.2) is 33.8 Å². The summed E-state index contributed by atoms with van der Waals surface area (Å²) in [5.41, 5.74) is -0.0713. The lowest BCUT2D eigenvalue weighted by molar-refractivity contribution is -0.119. The number of aromatic nitrogens is 2. The van der Waals surface area contributed by atoms with Crippen molar-refractivity contribution in [3.05, 3.63) is 21.3 Å². The molecule has 2 N–H and O–H groups in total. The second-order valence-electron chi connectivity index (χ2n) is 6.65. The maximum Gasteiger partial charge on any atom is 0.321 e. The first kappa shape index (κ1) is 21.4. The van der Waals surface area contributed by atoms with Gasteiger partial charge in [-0.05, 0) is 31.7 Å². The van der Waals surface area contributed by atoms with Crippen molar-refractivity contribution in [1.82, 2.24) is 20.2 Å². The van der Waals surface area contributed by atoms with Crippen molar-refractivity contribution in [2.24, 2.45) is 5.92 Å². The number of nitrogens with one attached hydrogen (secondary N) is 2. The Morgan fingerprint density at radius 1 is 1.33 bits per heavy atom. The van der Waals surface area contributed by atoms with E-state index in [-0.39, 0.29) is 5.56 Å². The van der Waals surface area contributed by atoms with Crippen LogP contribution in [-0.2, 0) is 17.8 Å². The lowest BCUT2D eigenvalue weighted by Crippen LogP contribution is -2.41. The first-order chi connectivity index (χ1) is 12.8. The fourth-order valence-electron chi connectivity index (χ4n) is 2.38. The summed E-state index contributed by atoms with van der Waals surface area (Å²) < 4.78 is 1.66. The largest absolute Gasteiger partial charge is 0.341 e. The van der Waals surface area contributed by atoms with E-state index in [0.29, 0.717) is 27.8 Å². The Hall–Kier alpha value is -1.87. The van der Waals surface area contributed by atoms with Gasteiger partial charge < -0.3 is 5.32 Å². The third-order valence-electron chi connectivity index (χ3n) is 4.06. The summed E-state index contributed by atoms with van der Waals surface area (Å²) in [6, 6.07) is 1.36. The van der Waals surface area contributed by atoms with Crippen LogP contribution in [0.4, 0.5) is 4.79 Å². The minimum Gasteiger partial charge on any atom is -0.341 e. The average Bonchev–Trinajstić information content (AvgIpc) is 3.04. The lowest BCUT2D eigenvalue weighted by atomic mass is 10.1. The molecule has 0 aliphatic carbocycles. The van der Waals surface area contributed by atoms with Crippen LogP contribution in [0.1, 0.15) is 39.0 Å². The molecule has 9 heteroatoms. The molecule has 0 bridgehead atoms. The van der Waals surface area contributed by atoms with Crippen molar-refractivity contribution in [2.75, 3.05) is 7.05 Å². The summed E-state index contributed by atoms with van der Waals surface area (Å²) in [6.07, 6.45) is 1.68. The number of thioether (sulfide) groups is 1. The number of amides is 3. The van der Waals surface area contributed by atoms with Gasteiger partial charge in [-0.3, -0.25) is 19.5 Å². The highest BCUT2D eigenvalue weighted by molar-refractivity contribution is 8.00. The number of rotatable bonds is 7. The van der Waals surface area contributed by atoms with Crippen molar-refractivity contribution in [1.29, 1.82) is 0 Å². The van der Waals surface area contributed by atoms with Gasteiger partial charge in [0, 0.05) is 18.5 Å². The molecule has 1 unspecified atom stereocenters. The fraction of sp³-hybridized carbons (Fsp3) is 0.556. The summed E-state index contributed by atoms with van der Waals surface area (Å²) in [7, 11) is 1.45. The van der Waals surface area contributed by atoms with Gasteiger partial charge >= 0.3 is 6.03 Å². The molecular formula is C18H26N4O3S2. The third kappa shape index (κ3) is 5.32. The van der Waals surface area contributed by atoms with E-state index in [9.17, 15) is 14.4 Å². The number of nitrogens with zero attached hydrogens (tertiary/aromatic N) is 2. The second-order valence-corrected chi connectivity index (χ2v) is 9.07. The summed E-state index contributed by atoms with van der Waals surface area (Å²) in [5, 5.41) is 5.19. The van der Waals surface area contributed by atoms with E-state index in [1.165, 1.54) is 30.1 Å². The highest BCUT2D eigenvalue weighted by atomic mass is 32.2. The van der Waals surface area contributed by atoms with E-state index in [1.807, 2.05) is 13.0 Å². The van der Waals surface area contributed by atoms with Crippen molar-refractivity contribution in [2.45, 2.75) is 57.5 Å². The standard InChI is InChI=1S/C18H26N4O3S2/c1-6-12-9-13-15(27-12)21-18(22(16(13)24)8-7-10(2)3)26-11(4)14(23)20-17(25)19-5/h9-11H,6-8H2,1-5H3,(H2,19,20,23,25). The van der Waals surface area contributed by atoms with Crippen molar-refractivity contribution >= 4 is 45.3 Å². The molecule has 3 amide bonds. The Kier molecular flexibility index (Phi) is 7.43. The minimum absolute atomic E-state index is 0.0713. The van der Waals surface area contributed by atoms with E-state index in [0.717, 1.165) is 17.7 Å². The molecule has 2 rings (SSSR count). The fourth-order valence-corrected chi connectivity index (χ4v) is 4.33. The van der Waals surface area contributed by atoms with E-state index < -0.39 is 17.2 Å². The Bertz CT molecular complexity index is 889. The van der Waals surface area contributed by atoms with Gasteiger partial charge in [-0.1, -0.05) is 32.5 Å². The smallest absolute Gasteiger partial charge is 0.321 e. The molecule has 148 valence electrons. The summed E-state index contributed by atoms with van der Waals surface area (Å²) in [5.74, 6) is 0.0117. The van der Waals surface area contributed by atoms with Crippen LogP contribution in [0.5, 0.6) is 0 Å². The summed E-state index contributed by atoms with van der Waals surface area (Å²) >= 11 is 2.70. The Balaban J connectivity index is 2.39. The van der Waals surface area contributed by atoms with Crippen LogP contribution in [0.2, 0.25) is 0 Å². The molecule has 0 saturated carbocycles. The molecule has 27 heavy (non-hydrogen) atoms. The Morgan fingerprint density at radius 2 is 2.04 bits per heavy atom. The highest BCUT2D eigenvalue weighted by Gasteiger charge is 2.21. The van der Waals surface area contributed by atoms with E-state index >= 15 is 0 Å². The first-order valence-electron chi connectivity index (χ1n) is 8.99. The number of fused-ring (bicyclic) bond motifs is 1. The van der Waals surface area contributed by atoms with Crippen LogP contribution in [0.15, 0.2) is 16.0 Å². The van der Waals surface area contributed by atoms with Crippen LogP contribution < -0.4 is 16.2 Å². The number of aryl methyl sites for hydroxylation is 1. The topological polar surface area (TPSA) is 93.1 Å². The molecule has 0 fully saturated rings. The highest BCUT2D eigenvalue weighted by Crippen LogP contribution is 2.27. The number of thiophene rings is 1. The molecule has 0 radical (unpaired) electrons. The molecule has 0 saturated heterocycles. The Labute approximate surface area is 166 Å². The van der Waals surface area contributed by atoms with Gasteiger partial charge in [0.1, 0.15) is 4.83 Å². The predicted octanol–water partition coefficient (Wildman–Crippen LogP) is 3.00. The third-order valence-corrected chi connectivity index (χ3v) is 6.32. The Morgan fingerprint density at radius 3 is 2.63 bits per heavy atom. The maximum atomic E-state index is 13.0. The zero-order chi connectivity index (χ0) is 20.1. The number of urea groups is 1. The number of carbonyl (C=O) groups is 2. The van der Waals surface area contributed by atoms with Crippen LogP contribution in [0, 0.1) is 5.92 Å². The van der Waals surface area contributed by atoms with Gasteiger partial charge in [0.25, 0.3) is 5.56 Å². The van der Waals surface area contributed by atoms with Gasteiger partial charge in [-0.15, -0.1) is 11.3 Å². The molecule has 2 aromatic rings. The lowest BCUT2D eigenvalue weighted by Gasteiger charge is -2.16. The predicted molar refractivity (Wildman–Crippen MR) is 111 cm³/mol. The molecule has 0 aromatic carbocycles. The normalized spacial score (nSPS) is 12.4. The minimum atomic E-state index is -0.567. The van der Waals surface area contributed by atoms with Crippen molar-refractivity contribution < 1.29 is 9.59 Å². The molecule has 2 aromatic heterocycles. The SMILES string of the molecule is CCc1cc2c(=O)n(CCC(C)C)c(SC(C)C(=O)NC(=O)NC)nc2s1. The maximum absolute atomic E-state index is 13.0. The monoisotopic (exact) mass is 410 g/mol. The first-order valence-corrected chi connectivity index (χ1v) is 10.7. The number of carbonyl (C=O) groups excluding carboxylic acids is 2. The quantitative estimate of drug-likeness (QED) is 0.541. The number of hydrogen-bond donors (Lipinski definition) is 2. The van der Waals surface area contributed by atoms with Gasteiger partial charge in [0.05, 0.1) is 10.6 Å². The molecule has 0 aliphatic heterocycles. The molecule has 2 heterocycles. The van der Waals surface area contributed by atoms with Gasteiger partial charge in [0.15, 0.2) is 5.16 Å². The van der Waals surface area contributed by atoms with E-state index in [4.69, 9.17) is 0 Å². The molecule has 1 atom stereocenters. The van der Waals surface area contributed by atoms with E-state index in [1.54, 1.807) is 11.5 Å². The average molecular weight is 411 g/mol. The number of hydrogen-bond acceptors (Lipinski definition) is 6. The van der Waals surface area contributed by atoms with Gasteiger partial charge in [-0.2, -0.15) is 0 Å².